The predicted molar refractivity (Wildman–Crippen MR) is 104 cm³/mol. The number of amides is 1. The van der Waals surface area contributed by atoms with Crippen molar-refractivity contribution in [2.75, 3.05) is 19.8 Å². The Morgan fingerprint density at radius 3 is 2.54 bits per heavy atom. The number of hydrogen-bond acceptors (Lipinski definition) is 3. The Bertz CT molecular complexity index is 756. The van der Waals surface area contributed by atoms with Crippen LogP contribution in [0.3, 0.4) is 0 Å². The molecule has 26 heavy (non-hydrogen) atoms. The molecule has 3 rings (SSSR count). The summed E-state index contributed by atoms with van der Waals surface area (Å²) in [5, 5.41) is 3.79. The molecule has 4 nitrogen and oxygen atoms in total. The Kier molecular flexibility index (Phi) is 5.66. The van der Waals surface area contributed by atoms with Crippen LogP contribution in [-0.2, 0) is 20.5 Å². The van der Waals surface area contributed by atoms with Crippen LogP contribution in [-0.4, -0.2) is 25.7 Å². The van der Waals surface area contributed by atoms with Crippen LogP contribution in [0, 0.1) is 0 Å². The summed E-state index contributed by atoms with van der Waals surface area (Å²) < 4.78 is 5.55. The summed E-state index contributed by atoms with van der Waals surface area (Å²) in [7, 11) is 0. The average Bonchev–Trinajstić information content (AvgIpc) is 2.67. The van der Waals surface area contributed by atoms with Crippen molar-refractivity contribution in [2.45, 2.75) is 30.7 Å². The fourth-order valence-electron chi connectivity index (χ4n) is 3.50. The molecule has 1 aliphatic rings. The molecule has 138 valence electrons. The van der Waals surface area contributed by atoms with Gasteiger partial charge in [-0.15, -0.1) is 0 Å². The number of rotatable bonds is 5. The van der Waals surface area contributed by atoms with Gasteiger partial charge in [-0.3, -0.25) is 4.79 Å². The van der Waals surface area contributed by atoms with Crippen LogP contribution in [0.4, 0.5) is 0 Å². The molecule has 2 aromatic carbocycles. The number of ether oxygens (including phenoxy) is 1. The molecule has 0 saturated carbocycles. The maximum absolute atomic E-state index is 12.9. The van der Waals surface area contributed by atoms with E-state index in [2.05, 4.69) is 11.4 Å². The lowest BCUT2D eigenvalue weighted by Gasteiger charge is -2.39. The summed E-state index contributed by atoms with van der Waals surface area (Å²) in [5.41, 5.74) is 7.00. The summed E-state index contributed by atoms with van der Waals surface area (Å²) in [6.45, 7) is 3.59. The molecule has 2 aromatic rings. The molecular weight excluding hydrogens is 348 g/mol. The highest BCUT2D eigenvalue weighted by Gasteiger charge is 2.37. The molecule has 0 aliphatic carbocycles. The minimum absolute atomic E-state index is 0.184. The second-order valence-electron chi connectivity index (χ2n) is 7.15. The first kappa shape index (κ1) is 18.9. The molecule has 0 radical (unpaired) electrons. The second-order valence-corrected chi connectivity index (χ2v) is 7.59. The molecule has 1 atom stereocenters. The summed E-state index contributed by atoms with van der Waals surface area (Å²) >= 11 is 6.20. The smallest absolute Gasteiger partial charge is 0.244 e. The molecule has 1 amide bonds. The van der Waals surface area contributed by atoms with Crippen molar-refractivity contribution >= 4 is 17.5 Å². The first-order chi connectivity index (χ1) is 12.4. The van der Waals surface area contributed by atoms with Crippen LogP contribution < -0.4 is 11.1 Å². The Labute approximate surface area is 159 Å². The van der Waals surface area contributed by atoms with Crippen molar-refractivity contribution in [2.24, 2.45) is 5.73 Å². The summed E-state index contributed by atoms with van der Waals surface area (Å²) in [5.74, 6) is -0.184. The van der Waals surface area contributed by atoms with E-state index in [0.29, 0.717) is 24.8 Å². The standard InChI is InChI=1S/C21H25ClN2O2/c1-20(23,16-6-3-2-4-7-16)19(25)24-15-21(10-12-26-13-11-21)17-8-5-9-18(22)14-17/h2-9,14H,10-13,15,23H2,1H3,(H,24,25). The Hall–Kier alpha value is -1.88. The molecule has 3 N–H and O–H groups in total. The SMILES string of the molecule is CC(N)(C(=O)NCC1(c2cccc(Cl)c2)CCOCC1)c1ccccc1. The highest BCUT2D eigenvalue weighted by atomic mass is 35.5. The molecule has 1 heterocycles. The topological polar surface area (TPSA) is 64.4 Å². The van der Waals surface area contributed by atoms with Crippen molar-refractivity contribution in [1.82, 2.24) is 5.32 Å². The fraction of sp³-hybridized carbons (Fsp3) is 0.381. The van der Waals surface area contributed by atoms with Gasteiger partial charge in [0.05, 0.1) is 0 Å². The lowest BCUT2D eigenvalue weighted by Crippen LogP contribution is -2.53. The van der Waals surface area contributed by atoms with Gasteiger partial charge in [-0.1, -0.05) is 54.1 Å². The van der Waals surface area contributed by atoms with Gasteiger partial charge < -0.3 is 15.8 Å². The molecule has 0 spiro atoms. The minimum atomic E-state index is -1.08. The molecule has 1 fully saturated rings. The third kappa shape index (κ3) is 3.93. The van der Waals surface area contributed by atoms with Gasteiger partial charge >= 0.3 is 0 Å². The Balaban J connectivity index is 1.79. The van der Waals surface area contributed by atoms with Crippen LogP contribution in [0.25, 0.3) is 0 Å². The predicted octanol–water partition coefficient (Wildman–Crippen LogP) is 3.38. The number of carbonyl (C=O) groups is 1. The average molecular weight is 373 g/mol. The number of benzene rings is 2. The van der Waals surface area contributed by atoms with Crippen LogP contribution in [0.2, 0.25) is 5.02 Å². The molecule has 1 aliphatic heterocycles. The third-order valence-electron chi connectivity index (χ3n) is 5.32. The van der Waals surface area contributed by atoms with Gasteiger partial charge in [0, 0.05) is 30.2 Å². The zero-order valence-corrected chi connectivity index (χ0v) is 15.8. The van der Waals surface area contributed by atoms with E-state index in [9.17, 15) is 4.79 Å². The molecule has 0 aromatic heterocycles. The van der Waals surface area contributed by atoms with E-state index in [1.54, 1.807) is 6.92 Å². The highest BCUT2D eigenvalue weighted by Crippen LogP contribution is 2.35. The van der Waals surface area contributed by atoms with E-state index in [-0.39, 0.29) is 11.3 Å². The van der Waals surface area contributed by atoms with Gasteiger partial charge in [-0.05, 0) is 43.0 Å². The zero-order valence-electron chi connectivity index (χ0n) is 15.0. The van der Waals surface area contributed by atoms with Gasteiger partial charge in [0.25, 0.3) is 0 Å². The monoisotopic (exact) mass is 372 g/mol. The maximum atomic E-state index is 12.9. The summed E-state index contributed by atoms with van der Waals surface area (Å²) in [6, 6.07) is 17.3. The largest absolute Gasteiger partial charge is 0.381 e. The van der Waals surface area contributed by atoms with Gasteiger partial charge in [0.1, 0.15) is 5.54 Å². The van der Waals surface area contributed by atoms with E-state index in [0.717, 1.165) is 24.0 Å². The molecule has 0 bridgehead atoms. The van der Waals surface area contributed by atoms with E-state index in [1.165, 1.54) is 0 Å². The zero-order chi connectivity index (χ0) is 18.6. The van der Waals surface area contributed by atoms with E-state index < -0.39 is 5.54 Å². The normalized spacial score (nSPS) is 18.7. The number of carbonyl (C=O) groups excluding carboxylic acids is 1. The van der Waals surface area contributed by atoms with Crippen LogP contribution >= 0.6 is 11.6 Å². The lowest BCUT2D eigenvalue weighted by molar-refractivity contribution is -0.126. The van der Waals surface area contributed by atoms with E-state index in [1.807, 2.05) is 48.5 Å². The molecule has 1 saturated heterocycles. The van der Waals surface area contributed by atoms with E-state index >= 15 is 0 Å². The van der Waals surface area contributed by atoms with Crippen molar-refractivity contribution in [1.29, 1.82) is 0 Å². The van der Waals surface area contributed by atoms with Gasteiger partial charge in [0.15, 0.2) is 0 Å². The van der Waals surface area contributed by atoms with Gasteiger partial charge in [-0.2, -0.15) is 0 Å². The van der Waals surface area contributed by atoms with Crippen molar-refractivity contribution in [3.8, 4) is 0 Å². The molecule has 5 heteroatoms. The van der Waals surface area contributed by atoms with Crippen LogP contribution in [0.5, 0.6) is 0 Å². The number of hydrogen-bond donors (Lipinski definition) is 2. The van der Waals surface area contributed by atoms with Crippen LogP contribution in [0.15, 0.2) is 54.6 Å². The molecule has 1 unspecified atom stereocenters. The quantitative estimate of drug-likeness (QED) is 0.845. The van der Waals surface area contributed by atoms with Crippen molar-refractivity contribution < 1.29 is 9.53 Å². The summed E-state index contributed by atoms with van der Waals surface area (Å²) in [4.78, 5) is 12.9. The van der Waals surface area contributed by atoms with Gasteiger partial charge in [0.2, 0.25) is 5.91 Å². The van der Waals surface area contributed by atoms with E-state index in [4.69, 9.17) is 22.1 Å². The highest BCUT2D eigenvalue weighted by molar-refractivity contribution is 6.30. The number of nitrogens with two attached hydrogens (primary N) is 1. The van der Waals surface area contributed by atoms with Crippen LogP contribution in [0.1, 0.15) is 30.9 Å². The first-order valence-electron chi connectivity index (χ1n) is 8.91. The Morgan fingerprint density at radius 2 is 1.88 bits per heavy atom. The summed E-state index contributed by atoms with van der Waals surface area (Å²) in [6.07, 6.45) is 1.67. The minimum Gasteiger partial charge on any atom is -0.381 e. The number of halogens is 1. The maximum Gasteiger partial charge on any atom is 0.244 e. The number of nitrogens with one attached hydrogen (secondary N) is 1. The van der Waals surface area contributed by atoms with Gasteiger partial charge in [-0.25, -0.2) is 0 Å². The lowest BCUT2D eigenvalue weighted by atomic mass is 9.74. The van der Waals surface area contributed by atoms with Crippen molar-refractivity contribution in [3.05, 3.63) is 70.7 Å². The first-order valence-corrected chi connectivity index (χ1v) is 9.28. The fourth-order valence-corrected chi connectivity index (χ4v) is 3.69. The second kappa shape index (κ2) is 7.78. The Morgan fingerprint density at radius 1 is 1.19 bits per heavy atom. The molecular formula is C21H25ClN2O2. The van der Waals surface area contributed by atoms with Crippen molar-refractivity contribution in [3.63, 3.8) is 0 Å². The third-order valence-corrected chi connectivity index (χ3v) is 5.55.